The van der Waals surface area contributed by atoms with E-state index in [9.17, 15) is 13.2 Å². The molecule has 0 unspecified atom stereocenters. The standard InChI is InChI=1S/C26H25N3O3S/c1-18(30)27-21-10-4-8-19(16-21)20-9-5-11-22(17-20)28-33(31,32)26-15-7-12-23-24(26)13-6-14-25(23)29(2)3/h4-17,28H,1-3H3,(H,27,30). The summed E-state index contributed by atoms with van der Waals surface area (Å²) in [5.41, 5.74) is 3.78. The van der Waals surface area contributed by atoms with Gasteiger partial charge in [-0.3, -0.25) is 9.52 Å². The number of hydrogen-bond acceptors (Lipinski definition) is 4. The van der Waals surface area contributed by atoms with Crippen LogP contribution in [0.4, 0.5) is 17.1 Å². The molecule has 0 saturated carbocycles. The molecule has 4 rings (SSSR count). The quantitative estimate of drug-likeness (QED) is 0.408. The highest BCUT2D eigenvalue weighted by molar-refractivity contribution is 7.93. The zero-order valence-electron chi connectivity index (χ0n) is 18.7. The number of nitrogens with one attached hydrogen (secondary N) is 2. The Morgan fingerprint density at radius 1 is 0.758 bits per heavy atom. The van der Waals surface area contributed by atoms with Crippen LogP contribution < -0.4 is 14.9 Å². The van der Waals surface area contributed by atoms with E-state index in [1.54, 1.807) is 36.4 Å². The van der Waals surface area contributed by atoms with Crippen LogP contribution in [0.2, 0.25) is 0 Å². The highest BCUT2D eigenvalue weighted by atomic mass is 32.2. The fourth-order valence-electron chi connectivity index (χ4n) is 3.84. The van der Waals surface area contributed by atoms with Crippen molar-refractivity contribution in [3.63, 3.8) is 0 Å². The Hall–Kier alpha value is -3.84. The highest BCUT2D eigenvalue weighted by Crippen LogP contribution is 2.32. The zero-order chi connectivity index (χ0) is 23.6. The molecule has 0 radical (unpaired) electrons. The predicted molar refractivity (Wildman–Crippen MR) is 135 cm³/mol. The lowest BCUT2D eigenvalue weighted by Gasteiger charge is -2.17. The van der Waals surface area contributed by atoms with Gasteiger partial charge in [-0.25, -0.2) is 8.42 Å². The Bertz CT molecular complexity index is 1450. The molecule has 0 aromatic heterocycles. The molecule has 2 N–H and O–H groups in total. The van der Waals surface area contributed by atoms with Crippen LogP contribution in [0.5, 0.6) is 0 Å². The van der Waals surface area contributed by atoms with E-state index < -0.39 is 10.0 Å². The molecule has 0 aliphatic heterocycles. The summed E-state index contributed by atoms with van der Waals surface area (Å²) in [6.07, 6.45) is 0. The summed E-state index contributed by atoms with van der Waals surface area (Å²) in [5.74, 6) is -0.152. The number of rotatable bonds is 6. The molecule has 33 heavy (non-hydrogen) atoms. The number of sulfonamides is 1. The number of nitrogens with zero attached hydrogens (tertiary/aromatic N) is 1. The first-order chi connectivity index (χ1) is 15.7. The molecule has 0 aliphatic rings. The Morgan fingerprint density at radius 3 is 2.00 bits per heavy atom. The number of fused-ring (bicyclic) bond motifs is 1. The lowest BCUT2D eigenvalue weighted by atomic mass is 10.0. The van der Waals surface area contributed by atoms with Crippen molar-refractivity contribution in [2.24, 2.45) is 0 Å². The van der Waals surface area contributed by atoms with Gasteiger partial charge < -0.3 is 10.2 Å². The van der Waals surface area contributed by atoms with E-state index in [2.05, 4.69) is 10.0 Å². The molecule has 168 valence electrons. The molecule has 0 heterocycles. The normalized spacial score (nSPS) is 11.2. The molecule has 6 nitrogen and oxygen atoms in total. The van der Waals surface area contributed by atoms with Crippen molar-refractivity contribution in [1.29, 1.82) is 0 Å². The topological polar surface area (TPSA) is 78.5 Å². The third-order valence-electron chi connectivity index (χ3n) is 5.26. The molecule has 1 amide bonds. The van der Waals surface area contributed by atoms with Gasteiger partial charge in [-0.1, -0.05) is 48.5 Å². The Balaban J connectivity index is 1.69. The van der Waals surface area contributed by atoms with Gasteiger partial charge in [-0.15, -0.1) is 0 Å². The minimum Gasteiger partial charge on any atom is -0.377 e. The predicted octanol–water partition coefficient (Wildman–Crippen LogP) is 5.33. The van der Waals surface area contributed by atoms with Gasteiger partial charge in [0, 0.05) is 48.9 Å². The molecule has 0 saturated heterocycles. The fraction of sp³-hybridized carbons (Fsp3) is 0.115. The number of carbonyl (C=O) groups excluding carboxylic acids is 1. The van der Waals surface area contributed by atoms with Gasteiger partial charge in [0.25, 0.3) is 10.0 Å². The van der Waals surface area contributed by atoms with Crippen molar-refractivity contribution < 1.29 is 13.2 Å². The second kappa shape index (κ2) is 8.96. The lowest BCUT2D eigenvalue weighted by molar-refractivity contribution is -0.114. The van der Waals surface area contributed by atoms with Crippen LogP contribution in [0.25, 0.3) is 21.9 Å². The molecular formula is C26H25N3O3S. The summed E-state index contributed by atoms with van der Waals surface area (Å²) in [7, 11) is 0.0314. The van der Waals surface area contributed by atoms with E-state index in [0.717, 1.165) is 22.2 Å². The summed E-state index contributed by atoms with van der Waals surface area (Å²) in [4.78, 5) is 13.6. The van der Waals surface area contributed by atoms with Crippen molar-refractivity contribution >= 4 is 43.8 Å². The van der Waals surface area contributed by atoms with E-state index >= 15 is 0 Å². The van der Waals surface area contributed by atoms with Crippen LogP contribution in [-0.2, 0) is 14.8 Å². The average molecular weight is 460 g/mol. The SMILES string of the molecule is CC(=O)Nc1cccc(-c2cccc(NS(=O)(=O)c3cccc4c(N(C)C)cccc34)c2)c1. The van der Waals surface area contributed by atoms with Crippen molar-refractivity contribution in [3.05, 3.63) is 84.9 Å². The van der Waals surface area contributed by atoms with Gasteiger partial charge >= 0.3 is 0 Å². The second-order valence-corrected chi connectivity index (χ2v) is 9.62. The Labute approximate surface area is 193 Å². The van der Waals surface area contributed by atoms with E-state index in [1.165, 1.54) is 6.92 Å². The average Bonchev–Trinajstić information content (AvgIpc) is 2.77. The first-order valence-corrected chi connectivity index (χ1v) is 11.9. The van der Waals surface area contributed by atoms with Crippen molar-refractivity contribution in [1.82, 2.24) is 0 Å². The molecular weight excluding hydrogens is 434 g/mol. The summed E-state index contributed by atoms with van der Waals surface area (Å²) in [5, 5.41) is 4.30. The van der Waals surface area contributed by atoms with Gasteiger partial charge in [0.2, 0.25) is 5.91 Å². The number of amides is 1. The molecule has 0 spiro atoms. The van der Waals surface area contributed by atoms with Gasteiger partial charge in [0.1, 0.15) is 0 Å². The number of carbonyl (C=O) groups is 1. The summed E-state index contributed by atoms with van der Waals surface area (Å²) in [6.45, 7) is 1.46. The third kappa shape index (κ3) is 4.83. The maximum atomic E-state index is 13.3. The minimum absolute atomic E-state index is 0.152. The first kappa shape index (κ1) is 22.4. The molecule has 0 atom stereocenters. The van der Waals surface area contributed by atoms with Crippen LogP contribution in [0.3, 0.4) is 0 Å². The minimum atomic E-state index is -3.83. The van der Waals surface area contributed by atoms with Crippen molar-refractivity contribution in [2.45, 2.75) is 11.8 Å². The van der Waals surface area contributed by atoms with Crippen molar-refractivity contribution in [3.8, 4) is 11.1 Å². The Kier molecular flexibility index (Phi) is 6.07. The zero-order valence-corrected chi connectivity index (χ0v) is 19.5. The van der Waals surface area contributed by atoms with Crippen molar-refractivity contribution in [2.75, 3.05) is 29.0 Å². The number of benzene rings is 4. The first-order valence-electron chi connectivity index (χ1n) is 10.4. The number of hydrogen-bond donors (Lipinski definition) is 2. The van der Waals surface area contributed by atoms with Gasteiger partial charge in [0.05, 0.1) is 4.90 Å². The molecule has 7 heteroatoms. The van der Waals surface area contributed by atoms with E-state index in [0.29, 0.717) is 16.8 Å². The van der Waals surface area contributed by atoms with E-state index in [1.807, 2.05) is 67.5 Å². The van der Waals surface area contributed by atoms with Crippen LogP contribution >= 0.6 is 0 Å². The Morgan fingerprint density at radius 2 is 1.33 bits per heavy atom. The molecule has 0 fully saturated rings. The van der Waals surface area contributed by atoms with Crippen LogP contribution in [0, 0.1) is 0 Å². The van der Waals surface area contributed by atoms with Crippen LogP contribution in [0.1, 0.15) is 6.92 Å². The van der Waals surface area contributed by atoms with E-state index in [-0.39, 0.29) is 10.8 Å². The fourth-order valence-corrected chi connectivity index (χ4v) is 5.11. The van der Waals surface area contributed by atoms with Gasteiger partial charge in [-0.05, 0) is 47.5 Å². The summed E-state index contributed by atoms with van der Waals surface area (Å²) >= 11 is 0. The molecule has 4 aromatic carbocycles. The van der Waals surface area contributed by atoms with Crippen LogP contribution in [-0.4, -0.2) is 28.4 Å². The highest BCUT2D eigenvalue weighted by Gasteiger charge is 2.19. The monoisotopic (exact) mass is 459 g/mol. The molecule has 0 bridgehead atoms. The largest absolute Gasteiger partial charge is 0.377 e. The van der Waals surface area contributed by atoms with Gasteiger partial charge in [0.15, 0.2) is 0 Å². The third-order valence-corrected chi connectivity index (χ3v) is 6.70. The summed E-state index contributed by atoms with van der Waals surface area (Å²) < 4.78 is 29.4. The maximum absolute atomic E-state index is 13.3. The lowest BCUT2D eigenvalue weighted by Crippen LogP contribution is -2.14. The van der Waals surface area contributed by atoms with Gasteiger partial charge in [-0.2, -0.15) is 0 Å². The summed E-state index contributed by atoms with van der Waals surface area (Å²) in [6, 6.07) is 25.5. The maximum Gasteiger partial charge on any atom is 0.262 e. The van der Waals surface area contributed by atoms with Crippen LogP contribution in [0.15, 0.2) is 89.8 Å². The smallest absolute Gasteiger partial charge is 0.262 e. The molecule has 0 aliphatic carbocycles. The second-order valence-electron chi connectivity index (χ2n) is 7.97. The van der Waals surface area contributed by atoms with E-state index in [4.69, 9.17) is 0 Å². The molecule has 4 aromatic rings. The number of anilines is 3.